The summed E-state index contributed by atoms with van der Waals surface area (Å²) in [6.45, 7) is 6.40. The number of rotatable bonds is 7. The van der Waals surface area contributed by atoms with Crippen LogP contribution in [0.1, 0.15) is 38.1 Å². The maximum atomic E-state index is 11.2. The molecule has 0 saturated carbocycles. The lowest BCUT2D eigenvalue weighted by molar-refractivity contribution is -0.119. The summed E-state index contributed by atoms with van der Waals surface area (Å²) in [5, 5.41) is 3.79. The Bertz CT molecular complexity index is 951. The average Bonchev–Trinajstić information content (AvgIpc) is 3.05. The predicted molar refractivity (Wildman–Crippen MR) is 108 cm³/mol. The summed E-state index contributed by atoms with van der Waals surface area (Å²) in [6.07, 6.45) is 0. The second kappa shape index (κ2) is 8.48. The van der Waals surface area contributed by atoms with Gasteiger partial charge in [0.1, 0.15) is 29.4 Å². The van der Waals surface area contributed by atoms with Gasteiger partial charge in [-0.1, -0.05) is 6.07 Å². The molecule has 1 atom stereocenters. The van der Waals surface area contributed by atoms with E-state index in [9.17, 15) is 4.79 Å². The van der Waals surface area contributed by atoms with Crippen molar-refractivity contribution in [3.05, 3.63) is 58.3 Å². The number of fused-ring (bicyclic) bond motifs is 1. The van der Waals surface area contributed by atoms with Gasteiger partial charge in [-0.15, -0.1) is 0 Å². The summed E-state index contributed by atoms with van der Waals surface area (Å²) < 4.78 is 18.2. The van der Waals surface area contributed by atoms with Gasteiger partial charge >= 0.3 is 0 Å². The highest BCUT2D eigenvalue weighted by Crippen LogP contribution is 2.29. The zero-order valence-electron chi connectivity index (χ0n) is 15.5. The largest absolute Gasteiger partial charge is 0.493 e. The Kier molecular flexibility index (Phi) is 6.06. The lowest BCUT2D eigenvalue weighted by Crippen LogP contribution is -2.23. The van der Waals surface area contributed by atoms with Gasteiger partial charge in [0.15, 0.2) is 0 Å². The topological polar surface area (TPSA) is 60.7 Å². The molecule has 5 nitrogen and oxygen atoms in total. The molecule has 0 aliphatic rings. The van der Waals surface area contributed by atoms with E-state index in [0.717, 1.165) is 32.5 Å². The number of nitrogens with one attached hydrogen (secondary N) is 1. The Morgan fingerprint density at radius 1 is 1.19 bits per heavy atom. The Hall–Kier alpha value is -2.47. The minimum Gasteiger partial charge on any atom is -0.493 e. The molecule has 0 spiro atoms. The van der Waals surface area contributed by atoms with Gasteiger partial charge in [0.2, 0.25) is 5.91 Å². The van der Waals surface area contributed by atoms with Crippen LogP contribution in [0.5, 0.6) is 11.5 Å². The molecule has 1 heterocycles. The number of hydrogen-bond donors (Lipinski definition) is 1. The van der Waals surface area contributed by atoms with E-state index in [0.29, 0.717) is 19.0 Å². The van der Waals surface area contributed by atoms with Crippen LogP contribution in [0.2, 0.25) is 0 Å². The van der Waals surface area contributed by atoms with Gasteiger partial charge in [0.25, 0.3) is 0 Å². The monoisotopic (exact) mass is 431 g/mol. The van der Waals surface area contributed by atoms with E-state index in [4.69, 9.17) is 13.9 Å². The molecule has 2 aromatic carbocycles. The number of amides is 1. The van der Waals surface area contributed by atoms with Crippen molar-refractivity contribution in [1.82, 2.24) is 5.32 Å². The number of hydrogen-bond acceptors (Lipinski definition) is 4. The van der Waals surface area contributed by atoms with Gasteiger partial charge in [-0.05, 0) is 65.7 Å². The molecule has 0 fully saturated rings. The number of ether oxygens (including phenoxy) is 2. The molecule has 0 radical (unpaired) electrons. The molecule has 0 saturated heterocycles. The first-order chi connectivity index (χ1) is 13.0. The highest BCUT2D eigenvalue weighted by Gasteiger charge is 2.13. The normalized spacial score (nSPS) is 12.0. The molecule has 6 heteroatoms. The molecule has 0 aliphatic heterocycles. The number of benzene rings is 2. The van der Waals surface area contributed by atoms with E-state index in [-0.39, 0.29) is 11.9 Å². The Morgan fingerprint density at radius 3 is 2.70 bits per heavy atom. The SMILES string of the molecule is CCOc1ccc(COc2ccc3cc(C(C)NC(C)=O)oc3c2)cc1Br. The summed E-state index contributed by atoms with van der Waals surface area (Å²) in [4.78, 5) is 11.2. The van der Waals surface area contributed by atoms with Gasteiger partial charge in [0, 0.05) is 18.4 Å². The number of furan rings is 1. The highest BCUT2D eigenvalue weighted by molar-refractivity contribution is 9.10. The molecule has 1 aromatic heterocycles. The zero-order chi connectivity index (χ0) is 19.4. The molecule has 3 aromatic rings. The minimum atomic E-state index is -0.180. The van der Waals surface area contributed by atoms with Crippen LogP contribution in [-0.2, 0) is 11.4 Å². The van der Waals surface area contributed by atoms with Crippen molar-refractivity contribution in [3.63, 3.8) is 0 Å². The summed E-state index contributed by atoms with van der Waals surface area (Å²) >= 11 is 3.51. The second-order valence-corrected chi connectivity index (χ2v) is 7.11. The summed E-state index contributed by atoms with van der Waals surface area (Å²) in [5.74, 6) is 2.17. The lowest BCUT2D eigenvalue weighted by Gasteiger charge is -2.09. The van der Waals surface area contributed by atoms with Crippen LogP contribution >= 0.6 is 15.9 Å². The number of carbonyl (C=O) groups is 1. The van der Waals surface area contributed by atoms with Crippen molar-refractivity contribution in [1.29, 1.82) is 0 Å². The van der Waals surface area contributed by atoms with Crippen LogP contribution in [0.15, 0.2) is 51.4 Å². The fourth-order valence-corrected chi connectivity index (χ4v) is 3.33. The quantitative estimate of drug-likeness (QED) is 0.545. The Balaban J connectivity index is 1.70. The molecule has 1 unspecified atom stereocenters. The summed E-state index contributed by atoms with van der Waals surface area (Å²) in [7, 11) is 0. The molecular weight excluding hydrogens is 410 g/mol. The van der Waals surface area contributed by atoms with Crippen molar-refractivity contribution in [2.24, 2.45) is 0 Å². The van der Waals surface area contributed by atoms with Crippen molar-refractivity contribution >= 4 is 32.8 Å². The van der Waals surface area contributed by atoms with E-state index in [2.05, 4.69) is 21.2 Å². The smallest absolute Gasteiger partial charge is 0.217 e. The first kappa shape index (κ1) is 19.3. The van der Waals surface area contributed by atoms with E-state index in [1.807, 2.05) is 56.3 Å². The van der Waals surface area contributed by atoms with Gasteiger partial charge in [-0.2, -0.15) is 0 Å². The molecule has 1 N–H and O–H groups in total. The van der Waals surface area contributed by atoms with Gasteiger partial charge in [-0.25, -0.2) is 0 Å². The maximum Gasteiger partial charge on any atom is 0.217 e. The summed E-state index contributed by atoms with van der Waals surface area (Å²) in [5.41, 5.74) is 1.76. The minimum absolute atomic E-state index is 0.0894. The average molecular weight is 432 g/mol. The molecule has 142 valence electrons. The zero-order valence-corrected chi connectivity index (χ0v) is 17.1. The first-order valence-electron chi connectivity index (χ1n) is 8.81. The molecular formula is C21H22BrNO4. The van der Waals surface area contributed by atoms with Crippen LogP contribution in [0, 0.1) is 0 Å². The van der Waals surface area contributed by atoms with Crippen molar-refractivity contribution in [2.75, 3.05) is 6.61 Å². The van der Waals surface area contributed by atoms with Crippen molar-refractivity contribution < 1.29 is 18.7 Å². The fraction of sp³-hybridized carbons (Fsp3) is 0.286. The van der Waals surface area contributed by atoms with Gasteiger partial charge in [0.05, 0.1) is 17.1 Å². The third kappa shape index (κ3) is 4.83. The maximum absolute atomic E-state index is 11.2. The molecule has 27 heavy (non-hydrogen) atoms. The Labute approximate surface area is 166 Å². The van der Waals surface area contributed by atoms with Gasteiger partial charge in [-0.3, -0.25) is 4.79 Å². The van der Waals surface area contributed by atoms with E-state index in [1.54, 1.807) is 0 Å². The lowest BCUT2D eigenvalue weighted by atomic mass is 10.2. The van der Waals surface area contributed by atoms with Crippen LogP contribution in [0.25, 0.3) is 11.0 Å². The molecule has 0 aliphatic carbocycles. The number of halogens is 1. The van der Waals surface area contributed by atoms with E-state index >= 15 is 0 Å². The van der Waals surface area contributed by atoms with Crippen molar-refractivity contribution in [2.45, 2.75) is 33.4 Å². The van der Waals surface area contributed by atoms with Crippen LogP contribution in [0.4, 0.5) is 0 Å². The molecule has 3 rings (SSSR count). The molecule has 0 bridgehead atoms. The van der Waals surface area contributed by atoms with Crippen molar-refractivity contribution in [3.8, 4) is 11.5 Å². The number of carbonyl (C=O) groups excluding carboxylic acids is 1. The standard InChI is InChI=1S/C21H22BrNO4/c1-4-25-19-8-5-15(9-18(19)22)12-26-17-7-6-16-10-20(27-21(16)11-17)13(2)23-14(3)24/h5-11,13H,4,12H2,1-3H3,(H,23,24). The summed E-state index contributed by atoms with van der Waals surface area (Å²) in [6, 6.07) is 13.4. The third-order valence-electron chi connectivity index (χ3n) is 4.06. The van der Waals surface area contributed by atoms with E-state index in [1.165, 1.54) is 6.92 Å². The second-order valence-electron chi connectivity index (χ2n) is 6.26. The van der Waals surface area contributed by atoms with E-state index < -0.39 is 0 Å². The van der Waals surface area contributed by atoms with Crippen LogP contribution in [0.3, 0.4) is 0 Å². The van der Waals surface area contributed by atoms with Crippen LogP contribution < -0.4 is 14.8 Å². The Morgan fingerprint density at radius 2 is 2.00 bits per heavy atom. The first-order valence-corrected chi connectivity index (χ1v) is 9.60. The van der Waals surface area contributed by atoms with Crippen LogP contribution in [-0.4, -0.2) is 12.5 Å². The van der Waals surface area contributed by atoms with Gasteiger partial charge < -0.3 is 19.2 Å². The fourth-order valence-electron chi connectivity index (χ4n) is 2.78. The highest BCUT2D eigenvalue weighted by atomic mass is 79.9. The molecule has 1 amide bonds. The third-order valence-corrected chi connectivity index (χ3v) is 4.68. The predicted octanol–water partition coefficient (Wildman–Crippen LogP) is 5.37.